The van der Waals surface area contributed by atoms with Gasteiger partial charge in [0.15, 0.2) is 5.69 Å². The minimum absolute atomic E-state index is 0. The van der Waals surface area contributed by atoms with Crippen molar-refractivity contribution in [3.63, 3.8) is 0 Å². The monoisotopic (exact) mass is 404 g/mol. The van der Waals surface area contributed by atoms with Crippen molar-refractivity contribution in [3.05, 3.63) is 33.9 Å². The van der Waals surface area contributed by atoms with Gasteiger partial charge >= 0.3 is 0 Å². The van der Waals surface area contributed by atoms with Gasteiger partial charge in [-0.25, -0.2) is 0 Å². The fraction of sp³-hybridized carbons (Fsp3) is 0.500. The van der Waals surface area contributed by atoms with Crippen LogP contribution in [-0.2, 0) is 37.4 Å². The maximum atomic E-state index is 10.7. The minimum atomic E-state index is -0.430. The van der Waals surface area contributed by atoms with Gasteiger partial charge < -0.3 is 9.64 Å². The Morgan fingerprint density at radius 1 is 1.53 bits per heavy atom. The van der Waals surface area contributed by atoms with Crippen LogP contribution in [0.4, 0.5) is 11.4 Å². The normalized spacial score (nSPS) is 9.84. The second kappa shape index (κ2) is 9.80. The van der Waals surface area contributed by atoms with E-state index in [1.54, 1.807) is 19.2 Å². The third-order valence-electron chi connectivity index (χ3n) is 2.57. The van der Waals surface area contributed by atoms with Gasteiger partial charge in [0.2, 0.25) is 0 Å². The molecule has 103 valence electrons. The summed E-state index contributed by atoms with van der Waals surface area (Å²) in [4.78, 5) is 12.4. The van der Waals surface area contributed by atoms with Gasteiger partial charge in [0, 0.05) is 63.2 Å². The molecule has 0 aromatic heterocycles. The Bertz CT molecular complexity index is 418. The quantitative estimate of drug-likeness (QED) is 0.303. The van der Waals surface area contributed by atoms with Gasteiger partial charge in [-0.3, -0.25) is 10.1 Å². The summed E-state index contributed by atoms with van der Waals surface area (Å²) in [6.07, 6.45) is 0. The van der Waals surface area contributed by atoms with E-state index in [-0.39, 0.29) is 38.4 Å². The molecular formula is C12H16BrN2O3Y-. The summed E-state index contributed by atoms with van der Waals surface area (Å²) in [6, 6.07) is 5.91. The number of hydrogen-bond acceptors (Lipinski definition) is 4. The number of rotatable bonds is 7. The molecule has 19 heavy (non-hydrogen) atoms. The number of methoxy groups -OCH3 is 1. The minimum Gasteiger partial charge on any atom is -0.420 e. The third kappa shape index (κ3) is 5.85. The number of halogens is 1. The van der Waals surface area contributed by atoms with Crippen molar-refractivity contribution in [2.45, 2.75) is 6.92 Å². The SMILES string of the molecule is COCCN(CCBr)c1c[c-]c([N+](=O)[O-])cc1C.[Y]. The van der Waals surface area contributed by atoms with E-state index in [0.29, 0.717) is 6.61 Å². The fourth-order valence-corrected chi connectivity index (χ4v) is 2.11. The molecule has 0 bridgehead atoms. The van der Waals surface area contributed by atoms with Crippen LogP contribution in [-0.4, -0.2) is 37.1 Å². The number of alkyl halides is 1. The summed E-state index contributed by atoms with van der Waals surface area (Å²) in [5.74, 6) is 0. The van der Waals surface area contributed by atoms with Gasteiger partial charge in [0.05, 0.1) is 6.61 Å². The van der Waals surface area contributed by atoms with Gasteiger partial charge in [-0.05, 0) is 0 Å². The van der Waals surface area contributed by atoms with Crippen LogP contribution >= 0.6 is 15.9 Å². The molecule has 0 aliphatic rings. The van der Waals surface area contributed by atoms with Crippen molar-refractivity contribution in [1.29, 1.82) is 0 Å². The Morgan fingerprint density at radius 3 is 2.68 bits per heavy atom. The van der Waals surface area contributed by atoms with E-state index >= 15 is 0 Å². The van der Waals surface area contributed by atoms with Crippen molar-refractivity contribution in [1.82, 2.24) is 0 Å². The smallest absolute Gasteiger partial charge is 0.162 e. The first-order valence-electron chi connectivity index (χ1n) is 5.56. The van der Waals surface area contributed by atoms with E-state index < -0.39 is 4.92 Å². The molecule has 0 aliphatic heterocycles. The van der Waals surface area contributed by atoms with E-state index in [0.717, 1.165) is 29.7 Å². The summed E-state index contributed by atoms with van der Waals surface area (Å²) >= 11 is 3.40. The fourth-order valence-electron chi connectivity index (χ4n) is 1.68. The molecule has 0 aliphatic carbocycles. The zero-order valence-corrected chi connectivity index (χ0v) is 15.5. The van der Waals surface area contributed by atoms with Gasteiger partial charge in [0.25, 0.3) is 0 Å². The summed E-state index contributed by atoms with van der Waals surface area (Å²) in [6.45, 7) is 4.04. The molecule has 1 aromatic carbocycles. The molecule has 5 nitrogen and oxygen atoms in total. The molecule has 0 spiro atoms. The van der Waals surface area contributed by atoms with Crippen LogP contribution in [0.3, 0.4) is 0 Å². The first-order chi connectivity index (χ1) is 8.60. The number of non-ortho nitro benzene ring substituents is 1. The van der Waals surface area contributed by atoms with Crippen LogP contribution in [0.5, 0.6) is 0 Å². The van der Waals surface area contributed by atoms with E-state index in [9.17, 15) is 10.1 Å². The van der Waals surface area contributed by atoms with E-state index in [4.69, 9.17) is 4.74 Å². The Balaban J connectivity index is 0.00000324. The predicted molar refractivity (Wildman–Crippen MR) is 74.6 cm³/mol. The van der Waals surface area contributed by atoms with Gasteiger partial charge in [-0.15, -0.1) is 11.6 Å². The number of nitrogens with zero attached hydrogens (tertiary/aromatic N) is 2. The molecule has 0 saturated heterocycles. The molecule has 1 rings (SSSR count). The summed E-state index contributed by atoms with van der Waals surface area (Å²) < 4.78 is 5.07. The second-order valence-electron chi connectivity index (χ2n) is 3.81. The van der Waals surface area contributed by atoms with Gasteiger partial charge in [-0.1, -0.05) is 40.7 Å². The maximum absolute atomic E-state index is 10.7. The van der Waals surface area contributed by atoms with Crippen molar-refractivity contribution < 1.29 is 42.4 Å². The Kier molecular flexibility index (Phi) is 9.78. The topological polar surface area (TPSA) is 55.6 Å². The van der Waals surface area contributed by atoms with Crippen molar-refractivity contribution in [2.75, 3.05) is 37.0 Å². The molecule has 0 saturated carbocycles. The van der Waals surface area contributed by atoms with Crippen molar-refractivity contribution in [2.24, 2.45) is 0 Å². The molecule has 0 N–H and O–H groups in total. The zero-order chi connectivity index (χ0) is 13.5. The number of anilines is 1. The van der Waals surface area contributed by atoms with E-state index in [1.165, 1.54) is 0 Å². The molecule has 0 heterocycles. The van der Waals surface area contributed by atoms with E-state index in [1.807, 2.05) is 6.92 Å². The Morgan fingerprint density at radius 2 is 2.21 bits per heavy atom. The van der Waals surface area contributed by atoms with Crippen LogP contribution < -0.4 is 4.90 Å². The number of ether oxygens (including phenoxy) is 1. The van der Waals surface area contributed by atoms with Crippen molar-refractivity contribution >= 4 is 27.3 Å². The molecule has 1 radical (unpaired) electrons. The molecule has 0 unspecified atom stereocenters. The number of hydrogen-bond donors (Lipinski definition) is 0. The number of benzene rings is 1. The summed E-state index contributed by atoms with van der Waals surface area (Å²) in [5.41, 5.74) is 1.83. The first-order valence-corrected chi connectivity index (χ1v) is 6.69. The zero-order valence-electron chi connectivity index (χ0n) is 11.1. The van der Waals surface area contributed by atoms with Crippen LogP contribution in [0.25, 0.3) is 0 Å². The largest absolute Gasteiger partial charge is 0.420 e. The Labute approximate surface area is 146 Å². The molecule has 1 aromatic rings. The van der Waals surface area contributed by atoms with Gasteiger partial charge in [-0.2, -0.15) is 0 Å². The van der Waals surface area contributed by atoms with E-state index in [2.05, 4.69) is 26.9 Å². The van der Waals surface area contributed by atoms with Crippen LogP contribution in [0.1, 0.15) is 5.56 Å². The number of aryl methyl sites for hydroxylation is 1. The van der Waals surface area contributed by atoms with Crippen LogP contribution in [0.2, 0.25) is 0 Å². The number of nitro groups is 1. The third-order valence-corrected chi connectivity index (χ3v) is 2.93. The summed E-state index contributed by atoms with van der Waals surface area (Å²) in [7, 11) is 1.65. The number of nitro benzene ring substituents is 1. The first kappa shape index (κ1) is 19.0. The molecule has 0 fully saturated rings. The van der Waals surface area contributed by atoms with Crippen LogP contribution in [0.15, 0.2) is 12.1 Å². The average Bonchev–Trinajstić information content (AvgIpc) is 2.34. The van der Waals surface area contributed by atoms with Gasteiger partial charge in [0.1, 0.15) is 0 Å². The average molecular weight is 405 g/mol. The second-order valence-corrected chi connectivity index (χ2v) is 4.61. The predicted octanol–water partition coefficient (Wildman–Crippen LogP) is 2.55. The Hall–Kier alpha value is -0.0361. The molecular weight excluding hydrogens is 389 g/mol. The summed E-state index contributed by atoms with van der Waals surface area (Å²) in [5, 5.41) is 11.5. The molecule has 7 heteroatoms. The molecule has 0 atom stereocenters. The molecule has 0 amide bonds. The van der Waals surface area contributed by atoms with Crippen molar-refractivity contribution in [3.8, 4) is 0 Å². The standard InChI is InChI=1S/C12H16BrN2O3.Y/c1-10-9-11(15(16)17)3-4-12(10)14(6-5-13)7-8-18-2;/h4,9H,5-8H2,1-2H3;/q-1;. The maximum Gasteiger partial charge on any atom is 0.162 e. The van der Waals surface area contributed by atoms with Crippen LogP contribution in [0, 0.1) is 23.1 Å².